The van der Waals surface area contributed by atoms with E-state index in [9.17, 15) is 0 Å². The zero-order valence-corrected chi connectivity index (χ0v) is 13.9. The molecule has 4 bridgehead atoms. The first-order chi connectivity index (χ1) is 10.2. The molecule has 4 fully saturated rings. The van der Waals surface area contributed by atoms with Gasteiger partial charge in [-0.25, -0.2) is 0 Å². The molecule has 4 aliphatic rings. The quantitative estimate of drug-likeness (QED) is 0.590. The van der Waals surface area contributed by atoms with Crippen molar-refractivity contribution in [3.05, 3.63) is 46.4 Å². The normalized spacial score (nSPS) is 37.3. The second-order valence-corrected chi connectivity index (χ2v) is 8.69. The maximum atomic E-state index is 3.74. The Hall–Kier alpha value is -0.820. The van der Waals surface area contributed by atoms with Crippen molar-refractivity contribution in [1.29, 1.82) is 0 Å². The molecule has 0 N–H and O–H groups in total. The fourth-order valence-corrected chi connectivity index (χ4v) is 6.64. The fourth-order valence-electron chi connectivity index (χ4n) is 6.17. The average Bonchev–Trinajstić information content (AvgIpc) is 2.46. The molecule has 0 unspecified atom stereocenters. The van der Waals surface area contributed by atoms with Crippen molar-refractivity contribution in [3.63, 3.8) is 0 Å². The van der Waals surface area contributed by atoms with E-state index in [2.05, 4.69) is 52.3 Å². The largest absolute Gasteiger partial charge is 0.0616 e. The molecule has 6 rings (SSSR count). The zero-order chi connectivity index (χ0) is 14.0. The molecule has 0 heterocycles. The first-order valence-electron chi connectivity index (χ1n) is 8.41. The highest BCUT2D eigenvalue weighted by Crippen LogP contribution is 2.61. The summed E-state index contributed by atoms with van der Waals surface area (Å²) < 4.78 is 1.24. The smallest absolute Gasteiger partial charge is 0.0253 e. The fraction of sp³-hybridized carbons (Fsp3) is 0.500. The van der Waals surface area contributed by atoms with E-state index in [1.165, 1.54) is 53.8 Å². The Morgan fingerprint density at radius 2 is 1.33 bits per heavy atom. The summed E-state index contributed by atoms with van der Waals surface area (Å²) in [7, 11) is 0. The monoisotopic (exact) mass is 340 g/mol. The standard InChI is InChI=1S/C20H21Br/c21-19-6-5-18(16-3-1-2-4-17(16)19)20-10-13-7-14(11-20)9-15(8-13)12-20/h1-6,13-15H,7-12H2. The lowest BCUT2D eigenvalue weighted by atomic mass is 9.48. The van der Waals surface area contributed by atoms with Crippen LogP contribution in [-0.4, -0.2) is 0 Å². The van der Waals surface area contributed by atoms with E-state index in [0.717, 1.165) is 17.8 Å². The van der Waals surface area contributed by atoms with Crippen LogP contribution in [0, 0.1) is 17.8 Å². The summed E-state index contributed by atoms with van der Waals surface area (Å²) in [5.74, 6) is 3.04. The predicted molar refractivity (Wildman–Crippen MR) is 91.5 cm³/mol. The Bertz CT molecular complexity index is 680. The molecule has 0 aliphatic heterocycles. The summed E-state index contributed by atoms with van der Waals surface area (Å²) >= 11 is 3.74. The van der Waals surface area contributed by atoms with Crippen LogP contribution >= 0.6 is 15.9 Å². The lowest BCUT2D eigenvalue weighted by Crippen LogP contribution is -2.48. The van der Waals surface area contributed by atoms with Crippen molar-refractivity contribution in [2.24, 2.45) is 17.8 Å². The third-order valence-corrected chi connectivity index (χ3v) is 7.17. The predicted octanol–water partition coefficient (Wildman–Crippen LogP) is 6.07. The highest BCUT2D eigenvalue weighted by Gasteiger charge is 2.51. The van der Waals surface area contributed by atoms with E-state index < -0.39 is 0 Å². The average molecular weight is 341 g/mol. The zero-order valence-electron chi connectivity index (χ0n) is 12.3. The van der Waals surface area contributed by atoms with E-state index in [4.69, 9.17) is 0 Å². The van der Waals surface area contributed by atoms with Gasteiger partial charge in [0.25, 0.3) is 0 Å². The molecule has 0 radical (unpaired) electrons. The Morgan fingerprint density at radius 1 is 0.762 bits per heavy atom. The maximum absolute atomic E-state index is 3.74. The van der Waals surface area contributed by atoms with Crippen molar-refractivity contribution in [2.45, 2.75) is 43.9 Å². The van der Waals surface area contributed by atoms with E-state index >= 15 is 0 Å². The van der Waals surface area contributed by atoms with Gasteiger partial charge in [-0.05, 0) is 84.1 Å². The van der Waals surface area contributed by atoms with Gasteiger partial charge in [0.05, 0.1) is 0 Å². The second-order valence-electron chi connectivity index (χ2n) is 7.84. The van der Waals surface area contributed by atoms with E-state index in [0.29, 0.717) is 5.41 Å². The Kier molecular flexibility index (Phi) is 2.63. The number of hydrogen-bond acceptors (Lipinski definition) is 0. The minimum Gasteiger partial charge on any atom is -0.0616 e. The Morgan fingerprint density at radius 3 is 1.95 bits per heavy atom. The lowest BCUT2D eigenvalue weighted by molar-refractivity contribution is -0.00449. The van der Waals surface area contributed by atoms with Crippen LogP contribution in [0.5, 0.6) is 0 Å². The summed E-state index contributed by atoms with van der Waals surface area (Å²) in [4.78, 5) is 0. The van der Waals surface area contributed by atoms with Crippen LogP contribution in [0.1, 0.15) is 44.1 Å². The molecule has 1 heteroatoms. The Labute approximate surface area is 135 Å². The van der Waals surface area contributed by atoms with Crippen LogP contribution in [-0.2, 0) is 5.41 Å². The van der Waals surface area contributed by atoms with Crippen molar-refractivity contribution in [3.8, 4) is 0 Å². The van der Waals surface area contributed by atoms with Crippen molar-refractivity contribution < 1.29 is 0 Å². The summed E-state index contributed by atoms with van der Waals surface area (Å²) in [5.41, 5.74) is 2.15. The first-order valence-corrected chi connectivity index (χ1v) is 9.20. The van der Waals surface area contributed by atoms with Crippen LogP contribution in [0.2, 0.25) is 0 Å². The van der Waals surface area contributed by atoms with Crippen molar-refractivity contribution in [1.82, 2.24) is 0 Å². The molecule has 0 spiro atoms. The maximum Gasteiger partial charge on any atom is 0.0253 e. The third kappa shape index (κ3) is 1.79. The number of fused-ring (bicyclic) bond motifs is 1. The first kappa shape index (κ1) is 12.7. The van der Waals surface area contributed by atoms with Crippen molar-refractivity contribution in [2.75, 3.05) is 0 Å². The molecular formula is C20H21Br. The van der Waals surface area contributed by atoms with Gasteiger partial charge in [-0.1, -0.05) is 46.3 Å². The molecule has 108 valence electrons. The van der Waals surface area contributed by atoms with Crippen LogP contribution in [0.25, 0.3) is 10.8 Å². The van der Waals surface area contributed by atoms with Gasteiger partial charge < -0.3 is 0 Å². The second kappa shape index (κ2) is 4.35. The van der Waals surface area contributed by atoms with Gasteiger partial charge in [-0.15, -0.1) is 0 Å². The van der Waals surface area contributed by atoms with Crippen LogP contribution in [0.15, 0.2) is 40.9 Å². The van der Waals surface area contributed by atoms with Crippen LogP contribution in [0.3, 0.4) is 0 Å². The summed E-state index contributed by atoms with van der Waals surface area (Å²) in [6.45, 7) is 0. The minimum absolute atomic E-state index is 0.495. The molecule has 4 saturated carbocycles. The molecule has 0 nitrogen and oxygen atoms in total. The molecule has 0 aromatic heterocycles. The number of halogens is 1. The van der Waals surface area contributed by atoms with Gasteiger partial charge in [0, 0.05) is 4.47 Å². The highest BCUT2D eigenvalue weighted by molar-refractivity contribution is 9.10. The minimum atomic E-state index is 0.495. The van der Waals surface area contributed by atoms with Gasteiger partial charge in [0.2, 0.25) is 0 Å². The highest BCUT2D eigenvalue weighted by atomic mass is 79.9. The van der Waals surface area contributed by atoms with Gasteiger partial charge in [-0.2, -0.15) is 0 Å². The van der Waals surface area contributed by atoms with Gasteiger partial charge in [-0.3, -0.25) is 0 Å². The summed E-state index contributed by atoms with van der Waals surface area (Å²) in [5, 5.41) is 2.89. The molecule has 4 aliphatic carbocycles. The molecule has 2 aromatic rings. The lowest BCUT2D eigenvalue weighted by Gasteiger charge is -2.57. The molecule has 2 aromatic carbocycles. The van der Waals surface area contributed by atoms with Crippen LogP contribution < -0.4 is 0 Å². The van der Waals surface area contributed by atoms with E-state index in [1.54, 1.807) is 5.56 Å². The number of hydrogen-bond donors (Lipinski definition) is 0. The van der Waals surface area contributed by atoms with Gasteiger partial charge in [0.15, 0.2) is 0 Å². The van der Waals surface area contributed by atoms with E-state index in [-0.39, 0.29) is 0 Å². The Balaban J connectivity index is 1.73. The third-order valence-electron chi connectivity index (χ3n) is 6.48. The summed E-state index contributed by atoms with van der Waals surface area (Å²) in [6, 6.07) is 13.7. The molecule has 0 amide bonds. The van der Waals surface area contributed by atoms with Gasteiger partial charge in [0.1, 0.15) is 0 Å². The van der Waals surface area contributed by atoms with E-state index in [1.807, 2.05) is 0 Å². The molecule has 0 atom stereocenters. The SMILES string of the molecule is Brc1ccc(C23CC4CC(CC(C4)C2)C3)c2ccccc12. The molecule has 21 heavy (non-hydrogen) atoms. The topological polar surface area (TPSA) is 0 Å². The summed E-state index contributed by atoms with van der Waals surface area (Å²) in [6.07, 6.45) is 8.91. The number of rotatable bonds is 1. The van der Waals surface area contributed by atoms with Crippen LogP contribution in [0.4, 0.5) is 0 Å². The molecular weight excluding hydrogens is 320 g/mol. The molecule has 0 saturated heterocycles. The number of benzene rings is 2. The van der Waals surface area contributed by atoms with Gasteiger partial charge >= 0.3 is 0 Å². The van der Waals surface area contributed by atoms with Crippen molar-refractivity contribution >= 4 is 26.7 Å².